The topological polar surface area (TPSA) is 40.5 Å². The molecule has 3 saturated carbocycles. The van der Waals surface area contributed by atoms with Crippen LogP contribution in [0.3, 0.4) is 0 Å². The van der Waals surface area contributed by atoms with E-state index < -0.39 is 17.9 Å². The zero-order chi connectivity index (χ0) is 17.5. The summed E-state index contributed by atoms with van der Waals surface area (Å²) in [5, 5.41) is 20.8. The second-order valence-corrected chi connectivity index (χ2v) is 8.34. The van der Waals surface area contributed by atoms with Gasteiger partial charge in [-0.05, 0) is 79.9 Å². The molecule has 0 spiro atoms. The minimum atomic E-state index is -2.00. The van der Waals surface area contributed by atoms with Gasteiger partial charge in [-0.1, -0.05) is 25.5 Å². The standard InChI is InChI=1S/C19H30O2/c1-18-9-7-13(20)11-12(18)3-4-14-15-5-6-17(21)19(15,2)10-8-16(14)18/h3,13-17,20-21H,4-11H2,1-2H3/t13-,14?,15-,16-,17-,18-,19-/m1/s1/i6D2,17D. The van der Waals surface area contributed by atoms with Crippen molar-refractivity contribution in [2.45, 2.75) is 77.4 Å². The summed E-state index contributed by atoms with van der Waals surface area (Å²) in [6.07, 6.45) is 3.78. The van der Waals surface area contributed by atoms with Crippen LogP contribution in [0.4, 0.5) is 0 Å². The molecule has 3 fully saturated rings. The van der Waals surface area contributed by atoms with Crippen molar-refractivity contribution in [3.05, 3.63) is 11.6 Å². The van der Waals surface area contributed by atoms with Crippen LogP contribution in [0.15, 0.2) is 11.6 Å². The predicted octanol–water partition coefficient (Wildman–Crippen LogP) is 3.67. The molecule has 0 heterocycles. The Kier molecular flexibility index (Phi) is 2.45. The third-order valence-electron chi connectivity index (χ3n) is 7.50. The lowest BCUT2D eigenvalue weighted by Crippen LogP contribution is -2.51. The minimum Gasteiger partial charge on any atom is -0.393 e. The molecule has 4 aliphatic rings. The molecule has 0 radical (unpaired) electrons. The van der Waals surface area contributed by atoms with Gasteiger partial charge in [0.25, 0.3) is 0 Å². The van der Waals surface area contributed by atoms with Crippen molar-refractivity contribution in [3.63, 3.8) is 0 Å². The Hall–Kier alpha value is -0.340. The van der Waals surface area contributed by atoms with E-state index in [2.05, 4.69) is 13.0 Å². The maximum atomic E-state index is 10.7. The van der Waals surface area contributed by atoms with E-state index in [1.807, 2.05) is 6.92 Å². The highest BCUT2D eigenvalue weighted by Gasteiger charge is 2.58. The van der Waals surface area contributed by atoms with Gasteiger partial charge in [0.15, 0.2) is 0 Å². The third kappa shape index (κ3) is 1.84. The molecule has 0 aromatic carbocycles. The molecule has 2 heteroatoms. The summed E-state index contributed by atoms with van der Waals surface area (Å²) >= 11 is 0. The van der Waals surface area contributed by atoms with Crippen molar-refractivity contribution in [3.8, 4) is 0 Å². The molecule has 4 aliphatic carbocycles. The molecular formula is C19H30O2. The quantitative estimate of drug-likeness (QED) is 0.669. The van der Waals surface area contributed by atoms with E-state index in [4.69, 9.17) is 4.11 Å². The number of allylic oxidation sites excluding steroid dienone is 1. The zero-order valence-corrected chi connectivity index (χ0v) is 13.2. The van der Waals surface area contributed by atoms with Gasteiger partial charge >= 0.3 is 0 Å². The lowest BCUT2D eigenvalue weighted by atomic mass is 9.48. The Bertz CT molecular complexity index is 587. The van der Waals surface area contributed by atoms with Crippen molar-refractivity contribution in [1.29, 1.82) is 0 Å². The lowest BCUT2D eigenvalue weighted by molar-refractivity contribution is -0.0711. The van der Waals surface area contributed by atoms with Crippen LogP contribution in [0.25, 0.3) is 0 Å². The van der Waals surface area contributed by atoms with Gasteiger partial charge in [-0.2, -0.15) is 0 Å². The zero-order valence-electron chi connectivity index (χ0n) is 16.2. The molecule has 0 aliphatic heterocycles. The summed E-state index contributed by atoms with van der Waals surface area (Å²) in [5.74, 6) is 0.908. The molecule has 2 N–H and O–H groups in total. The summed E-state index contributed by atoms with van der Waals surface area (Å²) in [4.78, 5) is 0. The minimum absolute atomic E-state index is 0.0650. The Balaban J connectivity index is 1.72. The van der Waals surface area contributed by atoms with Gasteiger partial charge in [-0.15, -0.1) is 0 Å². The maximum absolute atomic E-state index is 10.7. The highest BCUT2D eigenvalue weighted by atomic mass is 16.3. The normalized spacial score (nSPS) is 64.2. The lowest BCUT2D eigenvalue weighted by Gasteiger charge is -2.57. The van der Waals surface area contributed by atoms with Crippen molar-refractivity contribution < 1.29 is 14.3 Å². The van der Waals surface area contributed by atoms with Crippen LogP contribution in [0.2, 0.25) is 0 Å². The van der Waals surface area contributed by atoms with Gasteiger partial charge in [-0.25, -0.2) is 0 Å². The first-order valence-corrected chi connectivity index (χ1v) is 8.63. The maximum Gasteiger partial charge on any atom is 0.0606 e. The summed E-state index contributed by atoms with van der Waals surface area (Å²) in [6.45, 7) is 4.28. The van der Waals surface area contributed by atoms with Gasteiger partial charge in [0.1, 0.15) is 0 Å². The average Bonchev–Trinajstić information content (AvgIpc) is 2.64. The van der Waals surface area contributed by atoms with Crippen LogP contribution in [0.1, 0.15) is 69.3 Å². The molecular weight excluding hydrogens is 260 g/mol. The monoisotopic (exact) mass is 293 g/mol. The van der Waals surface area contributed by atoms with Gasteiger partial charge in [-0.3, -0.25) is 0 Å². The van der Waals surface area contributed by atoms with Crippen LogP contribution in [-0.2, 0) is 0 Å². The molecule has 0 amide bonds. The molecule has 118 valence electrons. The molecule has 7 atom stereocenters. The molecule has 0 aromatic heterocycles. The number of aliphatic hydroxyl groups excluding tert-OH is 1. The first kappa shape index (κ1) is 11.2. The van der Waals surface area contributed by atoms with E-state index in [-0.39, 0.29) is 17.4 Å². The Morgan fingerprint density at radius 3 is 2.81 bits per heavy atom. The molecule has 0 saturated heterocycles. The van der Waals surface area contributed by atoms with E-state index in [0.29, 0.717) is 18.3 Å². The van der Waals surface area contributed by atoms with Gasteiger partial charge in [0.05, 0.1) is 13.6 Å². The van der Waals surface area contributed by atoms with Crippen molar-refractivity contribution in [2.75, 3.05) is 0 Å². The van der Waals surface area contributed by atoms with Gasteiger partial charge in [0.2, 0.25) is 0 Å². The Morgan fingerprint density at radius 2 is 2.00 bits per heavy atom. The number of hydrogen-bond donors (Lipinski definition) is 2. The average molecular weight is 293 g/mol. The van der Waals surface area contributed by atoms with Crippen LogP contribution in [0.5, 0.6) is 0 Å². The molecule has 0 aromatic rings. The van der Waals surface area contributed by atoms with E-state index >= 15 is 0 Å². The van der Waals surface area contributed by atoms with Crippen LogP contribution < -0.4 is 0 Å². The van der Waals surface area contributed by atoms with Crippen LogP contribution in [0, 0.1) is 28.6 Å². The molecule has 2 nitrogen and oxygen atoms in total. The van der Waals surface area contributed by atoms with Crippen LogP contribution in [-0.4, -0.2) is 22.4 Å². The van der Waals surface area contributed by atoms with E-state index in [9.17, 15) is 10.2 Å². The molecule has 0 bridgehead atoms. The van der Waals surface area contributed by atoms with Crippen LogP contribution >= 0.6 is 0 Å². The molecule has 21 heavy (non-hydrogen) atoms. The summed E-state index contributed by atoms with van der Waals surface area (Å²) in [7, 11) is 0. The second kappa shape index (κ2) is 4.58. The van der Waals surface area contributed by atoms with Gasteiger partial charge in [0, 0.05) is 2.74 Å². The van der Waals surface area contributed by atoms with E-state index in [1.165, 1.54) is 5.57 Å². The van der Waals surface area contributed by atoms with Crippen molar-refractivity contribution >= 4 is 0 Å². The third-order valence-corrected chi connectivity index (χ3v) is 7.50. The number of hydrogen-bond acceptors (Lipinski definition) is 2. The Morgan fingerprint density at radius 1 is 1.19 bits per heavy atom. The number of aliphatic hydroxyl groups is 2. The van der Waals surface area contributed by atoms with E-state index in [0.717, 1.165) is 38.5 Å². The first-order chi connectivity index (χ1) is 11.0. The summed E-state index contributed by atoms with van der Waals surface area (Å²) in [5.41, 5.74) is 0.847. The predicted molar refractivity (Wildman–Crippen MR) is 83.7 cm³/mol. The first-order valence-electron chi connectivity index (χ1n) is 10.1. The van der Waals surface area contributed by atoms with Crippen molar-refractivity contribution in [2.24, 2.45) is 28.6 Å². The fourth-order valence-electron chi connectivity index (χ4n) is 6.04. The number of fused-ring (bicyclic) bond motifs is 5. The second-order valence-electron chi connectivity index (χ2n) is 8.34. The molecule has 4 rings (SSSR count). The SMILES string of the molecule is [2H]C1([2H])C[C@@H]2C3CC=C4C[C@H](O)CC[C@@]4(C)[C@@H]3CC[C@@]2(C)[C@]1([2H])O. The number of rotatable bonds is 0. The Labute approximate surface area is 132 Å². The summed E-state index contributed by atoms with van der Waals surface area (Å²) in [6, 6.07) is 0. The summed E-state index contributed by atoms with van der Waals surface area (Å²) < 4.78 is 24.9. The largest absolute Gasteiger partial charge is 0.393 e. The fourth-order valence-corrected chi connectivity index (χ4v) is 6.04. The highest BCUT2D eigenvalue weighted by molar-refractivity contribution is 5.25. The van der Waals surface area contributed by atoms with Crippen molar-refractivity contribution in [1.82, 2.24) is 0 Å². The van der Waals surface area contributed by atoms with E-state index in [1.54, 1.807) is 0 Å². The van der Waals surface area contributed by atoms with Gasteiger partial charge < -0.3 is 10.2 Å². The molecule has 1 unspecified atom stereocenters. The highest BCUT2D eigenvalue weighted by Crippen LogP contribution is 2.64. The fraction of sp³-hybridized carbons (Fsp3) is 0.895. The smallest absolute Gasteiger partial charge is 0.0606 e.